The molecule has 2 N–H and O–H groups in total. The summed E-state index contributed by atoms with van der Waals surface area (Å²) in [6, 6.07) is 10.0. The summed E-state index contributed by atoms with van der Waals surface area (Å²) in [6.07, 6.45) is 0.817. The van der Waals surface area contributed by atoms with Gasteiger partial charge in [0.1, 0.15) is 0 Å². The zero-order chi connectivity index (χ0) is 12.7. The summed E-state index contributed by atoms with van der Waals surface area (Å²) in [6.45, 7) is 5.31. The van der Waals surface area contributed by atoms with Crippen LogP contribution < -0.4 is 5.32 Å². The summed E-state index contributed by atoms with van der Waals surface area (Å²) in [5, 5.41) is 21.1. The summed E-state index contributed by atoms with van der Waals surface area (Å²) in [4.78, 5) is 0. The molecule has 0 saturated carbocycles. The zero-order valence-electron chi connectivity index (χ0n) is 10.5. The summed E-state index contributed by atoms with van der Waals surface area (Å²) >= 11 is 0. The van der Waals surface area contributed by atoms with Crippen molar-refractivity contribution in [3.63, 3.8) is 0 Å². The average Bonchev–Trinajstić information content (AvgIpc) is 2.36. The molecular formula is C14H20N2O. The summed E-state index contributed by atoms with van der Waals surface area (Å²) < 4.78 is 0. The Morgan fingerprint density at radius 1 is 1.41 bits per heavy atom. The normalized spacial score (nSPS) is 14.0. The van der Waals surface area contributed by atoms with Crippen LogP contribution in [0.25, 0.3) is 0 Å². The van der Waals surface area contributed by atoms with E-state index in [9.17, 15) is 0 Å². The van der Waals surface area contributed by atoms with Crippen LogP contribution in [0.1, 0.15) is 37.4 Å². The van der Waals surface area contributed by atoms with E-state index < -0.39 is 0 Å². The SMILES string of the molecule is CC(CCO)CNC(C)c1cccc(C#N)c1. The Morgan fingerprint density at radius 3 is 2.82 bits per heavy atom. The standard InChI is InChI=1S/C14H20N2O/c1-11(6-7-17)10-16-12(2)14-5-3-4-13(8-14)9-15/h3-5,8,11-12,16-17H,6-7,10H2,1-2H3. The van der Waals surface area contributed by atoms with E-state index in [2.05, 4.69) is 25.2 Å². The predicted molar refractivity (Wildman–Crippen MR) is 68.4 cm³/mol. The Hall–Kier alpha value is -1.37. The van der Waals surface area contributed by atoms with Gasteiger partial charge < -0.3 is 10.4 Å². The number of hydrogen-bond donors (Lipinski definition) is 2. The highest BCUT2D eigenvalue weighted by molar-refractivity contribution is 5.33. The third-order valence-electron chi connectivity index (χ3n) is 2.91. The van der Waals surface area contributed by atoms with Crippen LogP contribution in [-0.4, -0.2) is 18.3 Å². The molecule has 1 rings (SSSR count). The minimum atomic E-state index is 0.226. The fourth-order valence-corrected chi connectivity index (χ4v) is 1.70. The first-order valence-electron chi connectivity index (χ1n) is 6.01. The van der Waals surface area contributed by atoms with Gasteiger partial charge >= 0.3 is 0 Å². The molecule has 2 unspecified atom stereocenters. The molecule has 0 aliphatic rings. The van der Waals surface area contributed by atoms with Crippen LogP contribution in [0.15, 0.2) is 24.3 Å². The van der Waals surface area contributed by atoms with Crippen LogP contribution in [-0.2, 0) is 0 Å². The zero-order valence-corrected chi connectivity index (χ0v) is 10.5. The molecule has 0 aromatic heterocycles. The highest BCUT2D eigenvalue weighted by Gasteiger charge is 2.07. The van der Waals surface area contributed by atoms with Gasteiger partial charge in [-0.1, -0.05) is 19.1 Å². The average molecular weight is 232 g/mol. The molecule has 0 bridgehead atoms. The van der Waals surface area contributed by atoms with Crippen molar-refractivity contribution in [2.75, 3.05) is 13.2 Å². The maximum Gasteiger partial charge on any atom is 0.0991 e. The predicted octanol–water partition coefficient (Wildman–Crippen LogP) is 2.23. The molecule has 0 amide bonds. The van der Waals surface area contributed by atoms with Gasteiger partial charge in [0.2, 0.25) is 0 Å². The highest BCUT2D eigenvalue weighted by Crippen LogP contribution is 2.14. The lowest BCUT2D eigenvalue weighted by Gasteiger charge is -2.17. The third-order valence-corrected chi connectivity index (χ3v) is 2.91. The van der Waals surface area contributed by atoms with Crippen LogP contribution >= 0.6 is 0 Å². The monoisotopic (exact) mass is 232 g/mol. The molecule has 1 aromatic carbocycles. The van der Waals surface area contributed by atoms with E-state index in [4.69, 9.17) is 10.4 Å². The number of aliphatic hydroxyl groups excluding tert-OH is 1. The first-order chi connectivity index (χ1) is 8.17. The van der Waals surface area contributed by atoms with Crippen LogP contribution in [0, 0.1) is 17.2 Å². The second kappa shape index (κ2) is 7.05. The van der Waals surface area contributed by atoms with E-state index in [1.165, 1.54) is 0 Å². The molecule has 2 atom stereocenters. The van der Waals surface area contributed by atoms with Gasteiger partial charge in [0.25, 0.3) is 0 Å². The smallest absolute Gasteiger partial charge is 0.0991 e. The Morgan fingerprint density at radius 2 is 2.18 bits per heavy atom. The second-order valence-electron chi connectivity index (χ2n) is 4.48. The lowest BCUT2D eigenvalue weighted by Crippen LogP contribution is -2.25. The maximum absolute atomic E-state index is 8.83. The number of rotatable bonds is 6. The molecule has 92 valence electrons. The second-order valence-corrected chi connectivity index (χ2v) is 4.48. The van der Waals surface area contributed by atoms with E-state index in [0.717, 1.165) is 18.5 Å². The molecule has 0 aliphatic heterocycles. The number of aliphatic hydroxyl groups is 1. The third kappa shape index (κ3) is 4.56. The van der Waals surface area contributed by atoms with Crippen molar-refractivity contribution in [1.82, 2.24) is 5.32 Å². The quantitative estimate of drug-likeness (QED) is 0.790. The summed E-state index contributed by atoms with van der Waals surface area (Å²) in [5.74, 6) is 0.460. The van der Waals surface area contributed by atoms with Crippen molar-refractivity contribution in [2.45, 2.75) is 26.3 Å². The summed E-state index contributed by atoms with van der Waals surface area (Å²) in [5.41, 5.74) is 1.82. The highest BCUT2D eigenvalue weighted by atomic mass is 16.3. The van der Waals surface area contributed by atoms with E-state index >= 15 is 0 Å². The molecule has 0 aliphatic carbocycles. The summed E-state index contributed by atoms with van der Waals surface area (Å²) in [7, 11) is 0. The van der Waals surface area contributed by atoms with Gasteiger partial charge in [0.05, 0.1) is 11.6 Å². The Balaban J connectivity index is 2.52. The van der Waals surface area contributed by atoms with Gasteiger partial charge in [-0.2, -0.15) is 5.26 Å². The van der Waals surface area contributed by atoms with Crippen molar-refractivity contribution >= 4 is 0 Å². The first-order valence-corrected chi connectivity index (χ1v) is 6.01. The van der Waals surface area contributed by atoms with Crippen LogP contribution in [0.3, 0.4) is 0 Å². The molecule has 0 heterocycles. The van der Waals surface area contributed by atoms with Gasteiger partial charge in [-0.3, -0.25) is 0 Å². The van der Waals surface area contributed by atoms with Gasteiger partial charge in [-0.05, 0) is 43.5 Å². The van der Waals surface area contributed by atoms with E-state index in [1.807, 2.05) is 24.3 Å². The van der Waals surface area contributed by atoms with E-state index in [1.54, 1.807) is 0 Å². The van der Waals surface area contributed by atoms with Crippen LogP contribution in [0.2, 0.25) is 0 Å². The topological polar surface area (TPSA) is 56.0 Å². The fraction of sp³-hybridized carbons (Fsp3) is 0.500. The molecule has 0 fully saturated rings. The van der Waals surface area contributed by atoms with Gasteiger partial charge in [0.15, 0.2) is 0 Å². The Kier molecular flexibility index (Phi) is 5.68. The number of hydrogen-bond acceptors (Lipinski definition) is 3. The number of nitrogens with one attached hydrogen (secondary N) is 1. The van der Waals surface area contributed by atoms with Crippen molar-refractivity contribution in [2.24, 2.45) is 5.92 Å². The lowest BCUT2D eigenvalue weighted by atomic mass is 10.0. The van der Waals surface area contributed by atoms with Crippen molar-refractivity contribution in [3.8, 4) is 6.07 Å². The number of nitrogens with zero attached hydrogens (tertiary/aromatic N) is 1. The van der Waals surface area contributed by atoms with Gasteiger partial charge in [0, 0.05) is 12.6 Å². The largest absolute Gasteiger partial charge is 0.396 e. The molecule has 0 spiro atoms. The van der Waals surface area contributed by atoms with Crippen LogP contribution in [0.5, 0.6) is 0 Å². The first kappa shape index (κ1) is 13.7. The fourth-order valence-electron chi connectivity index (χ4n) is 1.70. The Labute approximate surface area is 103 Å². The van der Waals surface area contributed by atoms with Gasteiger partial charge in [-0.15, -0.1) is 0 Å². The maximum atomic E-state index is 8.83. The molecule has 3 nitrogen and oxygen atoms in total. The van der Waals surface area contributed by atoms with E-state index in [0.29, 0.717) is 11.5 Å². The Bertz CT molecular complexity index is 384. The van der Waals surface area contributed by atoms with Crippen molar-refractivity contribution in [3.05, 3.63) is 35.4 Å². The number of nitriles is 1. The molecule has 0 radical (unpaired) electrons. The minimum Gasteiger partial charge on any atom is -0.396 e. The van der Waals surface area contributed by atoms with Crippen LogP contribution in [0.4, 0.5) is 0 Å². The minimum absolute atomic E-state index is 0.226. The van der Waals surface area contributed by atoms with Crippen molar-refractivity contribution in [1.29, 1.82) is 5.26 Å². The molecule has 17 heavy (non-hydrogen) atoms. The molecule has 1 aromatic rings. The molecule has 3 heteroatoms. The molecular weight excluding hydrogens is 212 g/mol. The van der Waals surface area contributed by atoms with Gasteiger partial charge in [-0.25, -0.2) is 0 Å². The van der Waals surface area contributed by atoms with E-state index in [-0.39, 0.29) is 12.6 Å². The lowest BCUT2D eigenvalue weighted by molar-refractivity contribution is 0.258. The molecule has 0 saturated heterocycles. The van der Waals surface area contributed by atoms with Crippen molar-refractivity contribution < 1.29 is 5.11 Å². The number of benzene rings is 1.